The topological polar surface area (TPSA) is 26.3 Å². The smallest absolute Gasteiger partial charge is 0.159 e. The van der Waals surface area contributed by atoms with Gasteiger partial charge in [-0.05, 0) is 53.8 Å². The van der Waals surface area contributed by atoms with Gasteiger partial charge in [0, 0.05) is 5.56 Å². The number of carbonyl (C=O) groups excluding carboxylic acids is 1. The molecular formula is C16H14O2. The van der Waals surface area contributed by atoms with Crippen LogP contribution in [-0.4, -0.2) is 12.9 Å². The maximum atomic E-state index is 11.4. The fourth-order valence-electron chi connectivity index (χ4n) is 2.53. The van der Waals surface area contributed by atoms with Crippen molar-refractivity contribution in [3.05, 3.63) is 53.1 Å². The normalized spacial score (nSPS) is 11.9. The Kier molecular flexibility index (Phi) is 2.44. The van der Waals surface area contributed by atoms with E-state index in [9.17, 15) is 4.79 Å². The number of benzene rings is 2. The van der Waals surface area contributed by atoms with Crippen LogP contribution in [0.5, 0.6) is 5.75 Å². The summed E-state index contributed by atoms with van der Waals surface area (Å²) < 4.78 is 5.25. The lowest BCUT2D eigenvalue weighted by molar-refractivity contribution is 0.101. The molecule has 0 N–H and O–H groups in total. The van der Waals surface area contributed by atoms with Crippen molar-refractivity contribution < 1.29 is 9.53 Å². The van der Waals surface area contributed by atoms with Gasteiger partial charge in [-0.25, -0.2) is 0 Å². The maximum absolute atomic E-state index is 11.4. The molecule has 1 aliphatic rings. The van der Waals surface area contributed by atoms with Crippen LogP contribution in [0, 0.1) is 0 Å². The summed E-state index contributed by atoms with van der Waals surface area (Å²) >= 11 is 0. The summed E-state index contributed by atoms with van der Waals surface area (Å²) in [6.45, 7) is 1.60. The number of rotatable bonds is 2. The zero-order valence-corrected chi connectivity index (χ0v) is 10.5. The monoisotopic (exact) mass is 238 g/mol. The van der Waals surface area contributed by atoms with Crippen molar-refractivity contribution in [2.45, 2.75) is 13.3 Å². The Morgan fingerprint density at radius 1 is 1.06 bits per heavy atom. The molecule has 0 spiro atoms. The quantitative estimate of drug-likeness (QED) is 0.639. The molecule has 0 amide bonds. The molecular weight excluding hydrogens is 224 g/mol. The van der Waals surface area contributed by atoms with Crippen molar-refractivity contribution in [2.75, 3.05) is 7.11 Å². The summed E-state index contributed by atoms with van der Waals surface area (Å²) in [5.41, 5.74) is 5.77. The molecule has 2 aromatic rings. The summed E-state index contributed by atoms with van der Waals surface area (Å²) in [5, 5.41) is 0. The van der Waals surface area contributed by atoms with E-state index in [1.54, 1.807) is 14.0 Å². The average molecular weight is 238 g/mol. The number of ketones is 1. The third-order valence-corrected chi connectivity index (χ3v) is 3.50. The van der Waals surface area contributed by atoms with Gasteiger partial charge in [0.2, 0.25) is 0 Å². The SMILES string of the molecule is COc1ccc2c(c1)Cc1cc(C(C)=O)ccc1-2. The molecule has 0 unspecified atom stereocenters. The van der Waals surface area contributed by atoms with Crippen LogP contribution >= 0.6 is 0 Å². The summed E-state index contributed by atoms with van der Waals surface area (Å²) in [7, 11) is 1.68. The number of fused-ring (bicyclic) bond motifs is 3. The molecule has 0 aliphatic heterocycles. The third kappa shape index (κ3) is 1.61. The summed E-state index contributed by atoms with van der Waals surface area (Å²) in [6, 6.07) is 12.1. The number of carbonyl (C=O) groups is 1. The van der Waals surface area contributed by atoms with Crippen LogP contribution in [-0.2, 0) is 6.42 Å². The Hall–Kier alpha value is -2.09. The minimum absolute atomic E-state index is 0.117. The second kappa shape index (κ2) is 3.98. The number of methoxy groups -OCH3 is 1. The van der Waals surface area contributed by atoms with Crippen LogP contribution in [0.15, 0.2) is 36.4 Å². The van der Waals surface area contributed by atoms with Crippen LogP contribution in [0.25, 0.3) is 11.1 Å². The van der Waals surface area contributed by atoms with E-state index in [1.165, 1.54) is 22.3 Å². The molecule has 18 heavy (non-hydrogen) atoms. The molecule has 0 aromatic heterocycles. The number of Topliss-reactive ketones (excluding diaryl/α,β-unsaturated/α-hetero) is 1. The van der Waals surface area contributed by atoms with Crippen molar-refractivity contribution in [3.63, 3.8) is 0 Å². The van der Waals surface area contributed by atoms with Gasteiger partial charge in [-0.15, -0.1) is 0 Å². The first-order valence-electron chi connectivity index (χ1n) is 6.00. The minimum atomic E-state index is 0.117. The molecule has 3 rings (SSSR count). The van der Waals surface area contributed by atoms with E-state index < -0.39 is 0 Å². The Morgan fingerprint density at radius 2 is 1.72 bits per heavy atom. The third-order valence-electron chi connectivity index (χ3n) is 3.50. The van der Waals surface area contributed by atoms with Gasteiger partial charge in [-0.1, -0.05) is 18.2 Å². The van der Waals surface area contributed by atoms with E-state index in [-0.39, 0.29) is 5.78 Å². The molecule has 90 valence electrons. The molecule has 2 heteroatoms. The summed E-state index contributed by atoms with van der Waals surface area (Å²) in [6.07, 6.45) is 0.878. The molecule has 0 bridgehead atoms. The molecule has 0 saturated carbocycles. The van der Waals surface area contributed by atoms with Gasteiger partial charge in [-0.2, -0.15) is 0 Å². The van der Waals surface area contributed by atoms with Crippen LogP contribution in [0.3, 0.4) is 0 Å². The molecule has 2 nitrogen and oxygen atoms in total. The first-order valence-corrected chi connectivity index (χ1v) is 6.00. The Balaban J connectivity index is 2.10. The van der Waals surface area contributed by atoms with Crippen molar-refractivity contribution >= 4 is 5.78 Å². The van der Waals surface area contributed by atoms with Gasteiger partial charge in [0.25, 0.3) is 0 Å². The van der Waals surface area contributed by atoms with Crippen molar-refractivity contribution in [3.8, 4) is 16.9 Å². The largest absolute Gasteiger partial charge is 0.497 e. The second-order valence-corrected chi connectivity index (χ2v) is 4.63. The Bertz CT molecular complexity index is 642. The molecule has 0 atom stereocenters. The highest BCUT2D eigenvalue weighted by Gasteiger charge is 2.19. The fraction of sp³-hybridized carbons (Fsp3) is 0.188. The summed E-state index contributed by atoms with van der Waals surface area (Å²) in [5.74, 6) is 1.000. The van der Waals surface area contributed by atoms with Gasteiger partial charge in [0.15, 0.2) is 5.78 Å². The van der Waals surface area contributed by atoms with Crippen molar-refractivity contribution in [1.82, 2.24) is 0 Å². The van der Waals surface area contributed by atoms with E-state index in [2.05, 4.69) is 12.1 Å². The van der Waals surface area contributed by atoms with Gasteiger partial charge in [-0.3, -0.25) is 4.79 Å². The average Bonchev–Trinajstić information content (AvgIpc) is 2.74. The first kappa shape index (κ1) is 11.0. The Labute approximate surface area is 106 Å². The van der Waals surface area contributed by atoms with Gasteiger partial charge in [0.1, 0.15) is 5.75 Å². The zero-order chi connectivity index (χ0) is 12.7. The standard InChI is InChI=1S/C16H14O2/c1-10(17)11-3-5-15-12(7-11)8-13-9-14(18-2)4-6-16(13)15/h3-7,9H,8H2,1-2H3. The lowest BCUT2D eigenvalue weighted by Gasteiger charge is -2.04. The van der Waals surface area contributed by atoms with E-state index in [4.69, 9.17) is 4.74 Å². The minimum Gasteiger partial charge on any atom is -0.497 e. The van der Waals surface area contributed by atoms with E-state index in [1.807, 2.05) is 24.3 Å². The van der Waals surface area contributed by atoms with Crippen molar-refractivity contribution in [2.24, 2.45) is 0 Å². The van der Waals surface area contributed by atoms with Crippen LogP contribution in [0.2, 0.25) is 0 Å². The lowest BCUT2D eigenvalue weighted by Crippen LogP contribution is -1.93. The molecule has 0 fully saturated rings. The number of ether oxygens (including phenoxy) is 1. The number of hydrogen-bond acceptors (Lipinski definition) is 2. The predicted octanol–water partition coefficient (Wildman–Crippen LogP) is 3.47. The molecule has 0 heterocycles. The highest BCUT2D eigenvalue weighted by molar-refractivity contribution is 5.95. The van der Waals surface area contributed by atoms with E-state index in [0.717, 1.165) is 17.7 Å². The lowest BCUT2D eigenvalue weighted by atomic mass is 10.0. The molecule has 1 aliphatic carbocycles. The van der Waals surface area contributed by atoms with Gasteiger partial charge in [0.05, 0.1) is 7.11 Å². The Morgan fingerprint density at radius 3 is 2.39 bits per heavy atom. The van der Waals surface area contributed by atoms with Crippen molar-refractivity contribution in [1.29, 1.82) is 0 Å². The maximum Gasteiger partial charge on any atom is 0.159 e. The fourth-order valence-corrected chi connectivity index (χ4v) is 2.53. The molecule has 2 aromatic carbocycles. The van der Waals surface area contributed by atoms with Crippen LogP contribution < -0.4 is 4.74 Å². The first-order chi connectivity index (χ1) is 8.69. The predicted molar refractivity (Wildman–Crippen MR) is 71.2 cm³/mol. The highest BCUT2D eigenvalue weighted by Crippen LogP contribution is 2.38. The second-order valence-electron chi connectivity index (χ2n) is 4.63. The number of hydrogen-bond donors (Lipinski definition) is 0. The van der Waals surface area contributed by atoms with Gasteiger partial charge >= 0.3 is 0 Å². The molecule has 0 radical (unpaired) electrons. The van der Waals surface area contributed by atoms with E-state index >= 15 is 0 Å². The zero-order valence-electron chi connectivity index (χ0n) is 10.5. The van der Waals surface area contributed by atoms with Crippen LogP contribution in [0.1, 0.15) is 28.4 Å². The van der Waals surface area contributed by atoms with Gasteiger partial charge < -0.3 is 4.74 Å². The van der Waals surface area contributed by atoms with Crippen LogP contribution in [0.4, 0.5) is 0 Å². The van der Waals surface area contributed by atoms with E-state index in [0.29, 0.717) is 0 Å². The molecule has 0 saturated heterocycles. The highest BCUT2D eigenvalue weighted by atomic mass is 16.5. The summed E-state index contributed by atoms with van der Waals surface area (Å²) in [4.78, 5) is 11.4.